The second kappa shape index (κ2) is 3.88. The van der Waals surface area contributed by atoms with Gasteiger partial charge in [-0.25, -0.2) is 0 Å². The van der Waals surface area contributed by atoms with Gasteiger partial charge < -0.3 is 5.11 Å². The van der Waals surface area contributed by atoms with Gasteiger partial charge in [-0.3, -0.25) is 4.79 Å². The highest BCUT2D eigenvalue weighted by molar-refractivity contribution is 5.79. The van der Waals surface area contributed by atoms with Crippen molar-refractivity contribution in [1.82, 2.24) is 0 Å². The summed E-state index contributed by atoms with van der Waals surface area (Å²) in [4.78, 5) is 10.7. The zero-order valence-corrected chi connectivity index (χ0v) is 8.36. The zero-order valence-electron chi connectivity index (χ0n) is 8.36. The molecule has 0 amide bonds. The molecule has 2 nitrogen and oxygen atoms in total. The molecular weight excluding hydrogens is 188 g/mol. The monoisotopic (exact) mass is 200 g/mol. The lowest BCUT2D eigenvalue weighted by molar-refractivity contribution is 0.0239. The summed E-state index contributed by atoms with van der Waals surface area (Å²) in [6, 6.07) is 7.15. The van der Waals surface area contributed by atoms with Crippen LogP contribution in [0, 0.1) is 11.8 Å². The third kappa shape index (κ3) is 2.08. The van der Waals surface area contributed by atoms with Crippen molar-refractivity contribution in [3.8, 4) is 11.8 Å². The van der Waals surface area contributed by atoms with Crippen LogP contribution in [0.15, 0.2) is 24.3 Å². The number of aliphatic hydroxyl groups is 1. The van der Waals surface area contributed by atoms with Crippen LogP contribution >= 0.6 is 0 Å². The number of hydrogen-bond donors (Lipinski definition) is 1. The van der Waals surface area contributed by atoms with Crippen molar-refractivity contribution in [2.24, 2.45) is 0 Å². The van der Waals surface area contributed by atoms with Crippen LogP contribution in [-0.2, 0) is 0 Å². The quantitative estimate of drug-likeness (QED) is 0.554. The second-order valence-corrected chi connectivity index (χ2v) is 3.84. The molecule has 1 aromatic carbocycles. The number of carbonyl (C=O) groups is 1. The molecule has 0 aliphatic heterocycles. The fourth-order valence-corrected chi connectivity index (χ4v) is 1.53. The summed E-state index contributed by atoms with van der Waals surface area (Å²) in [6.07, 6.45) is 3.29. The summed E-state index contributed by atoms with van der Waals surface area (Å²) in [5, 5.41) is 9.77. The summed E-state index contributed by atoms with van der Waals surface area (Å²) in [6.45, 7) is 0. The number of carbonyl (C=O) groups excluding carboxylic acids is 1. The van der Waals surface area contributed by atoms with Crippen molar-refractivity contribution >= 4 is 6.29 Å². The normalized spacial score (nSPS) is 17.1. The molecule has 0 aromatic heterocycles. The fourth-order valence-electron chi connectivity index (χ4n) is 1.53. The summed E-state index contributed by atoms with van der Waals surface area (Å²) in [7, 11) is 0. The lowest BCUT2D eigenvalue weighted by Gasteiger charge is -2.30. The largest absolute Gasteiger partial charge is 0.378 e. The minimum absolute atomic E-state index is 0.577. The molecule has 0 bridgehead atoms. The number of hydrogen-bond acceptors (Lipinski definition) is 2. The zero-order chi connectivity index (χ0) is 10.7. The smallest absolute Gasteiger partial charge is 0.151 e. The van der Waals surface area contributed by atoms with E-state index in [1.807, 2.05) is 6.07 Å². The molecule has 0 unspecified atom stereocenters. The van der Waals surface area contributed by atoms with Gasteiger partial charge in [0.1, 0.15) is 5.60 Å². The van der Waals surface area contributed by atoms with Crippen molar-refractivity contribution in [2.45, 2.75) is 24.9 Å². The molecule has 0 heterocycles. The van der Waals surface area contributed by atoms with Gasteiger partial charge in [-0.1, -0.05) is 30.0 Å². The average Bonchev–Trinajstić information content (AvgIpc) is 2.24. The van der Waals surface area contributed by atoms with E-state index < -0.39 is 5.60 Å². The molecule has 2 rings (SSSR count). The first-order chi connectivity index (χ1) is 7.23. The van der Waals surface area contributed by atoms with E-state index in [-0.39, 0.29) is 0 Å². The Bertz CT molecular complexity index is 433. The second-order valence-electron chi connectivity index (χ2n) is 3.84. The Hall–Kier alpha value is -1.59. The van der Waals surface area contributed by atoms with E-state index in [9.17, 15) is 9.90 Å². The summed E-state index contributed by atoms with van der Waals surface area (Å²) in [5.74, 6) is 5.71. The SMILES string of the molecule is O=Cc1ccccc1C#CC1(O)CCC1. The predicted molar refractivity (Wildman–Crippen MR) is 57.5 cm³/mol. The molecule has 1 N–H and O–H groups in total. The van der Waals surface area contributed by atoms with Gasteiger partial charge >= 0.3 is 0 Å². The van der Waals surface area contributed by atoms with Crippen LogP contribution in [0.5, 0.6) is 0 Å². The van der Waals surface area contributed by atoms with Crippen LogP contribution < -0.4 is 0 Å². The van der Waals surface area contributed by atoms with E-state index in [0.29, 0.717) is 11.1 Å². The Labute approximate surface area is 88.9 Å². The lowest BCUT2D eigenvalue weighted by Crippen LogP contribution is -2.34. The first-order valence-electron chi connectivity index (χ1n) is 5.03. The van der Waals surface area contributed by atoms with Crippen molar-refractivity contribution in [1.29, 1.82) is 0 Å². The molecule has 2 heteroatoms. The van der Waals surface area contributed by atoms with E-state index in [0.717, 1.165) is 25.5 Å². The van der Waals surface area contributed by atoms with Gasteiger partial charge in [-0.05, 0) is 25.3 Å². The van der Waals surface area contributed by atoms with Crippen LogP contribution in [0.1, 0.15) is 35.2 Å². The van der Waals surface area contributed by atoms with Crippen LogP contribution in [-0.4, -0.2) is 17.0 Å². The molecule has 0 saturated heterocycles. The topological polar surface area (TPSA) is 37.3 Å². The Morgan fingerprint density at radius 2 is 2.07 bits per heavy atom. The average molecular weight is 200 g/mol. The van der Waals surface area contributed by atoms with E-state index in [2.05, 4.69) is 11.8 Å². The van der Waals surface area contributed by atoms with Crippen LogP contribution in [0.25, 0.3) is 0 Å². The van der Waals surface area contributed by atoms with Crippen molar-refractivity contribution in [3.05, 3.63) is 35.4 Å². The molecular formula is C13H12O2. The minimum Gasteiger partial charge on any atom is -0.378 e. The molecule has 0 spiro atoms. The highest BCUT2D eigenvalue weighted by Crippen LogP contribution is 2.30. The van der Waals surface area contributed by atoms with Gasteiger partial charge in [0.05, 0.1) is 0 Å². The van der Waals surface area contributed by atoms with Gasteiger partial charge in [0.25, 0.3) is 0 Å². The van der Waals surface area contributed by atoms with Crippen LogP contribution in [0.2, 0.25) is 0 Å². The minimum atomic E-state index is -0.810. The maximum Gasteiger partial charge on any atom is 0.151 e. The number of benzene rings is 1. The van der Waals surface area contributed by atoms with E-state index >= 15 is 0 Å². The molecule has 1 saturated carbocycles. The van der Waals surface area contributed by atoms with Gasteiger partial charge in [0.15, 0.2) is 6.29 Å². The van der Waals surface area contributed by atoms with Crippen LogP contribution in [0.3, 0.4) is 0 Å². The Morgan fingerprint density at radius 1 is 1.33 bits per heavy atom. The van der Waals surface area contributed by atoms with Gasteiger partial charge in [0.2, 0.25) is 0 Å². The van der Waals surface area contributed by atoms with Gasteiger partial charge in [0, 0.05) is 11.1 Å². The summed E-state index contributed by atoms with van der Waals surface area (Å²) >= 11 is 0. The van der Waals surface area contributed by atoms with Gasteiger partial charge in [-0.2, -0.15) is 0 Å². The van der Waals surface area contributed by atoms with Gasteiger partial charge in [-0.15, -0.1) is 0 Å². The van der Waals surface area contributed by atoms with Crippen molar-refractivity contribution in [3.63, 3.8) is 0 Å². The molecule has 1 fully saturated rings. The molecule has 1 aliphatic carbocycles. The Morgan fingerprint density at radius 3 is 2.67 bits per heavy atom. The molecule has 76 valence electrons. The molecule has 15 heavy (non-hydrogen) atoms. The van der Waals surface area contributed by atoms with E-state index in [4.69, 9.17) is 0 Å². The standard InChI is InChI=1S/C13H12O2/c14-10-12-5-2-1-4-11(12)6-9-13(15)7-3-8-13/h1-2,4-5,10,15H,3,7-8H2. The first-order valence-corrected chi connectivity index (χ1v) is 5.03. The maximum absolute atomic E-state index is 10.7. The van der Waals surface area contributed by atoms with Crippen molar-refractivity contribution in [2.75, 3.05) is 0 Å². The summed E-state index contributed by atoms with van der Waals surface area (Å²) in [5.41, 5.74) is 0.455. The third-order valence-corrected chi connectivity index (χ3v) is 2.70. The highest BCUT2D eigenvalue weighted by Gasteiger charge is 2.32. The first kappa shape index (κ1) is 9.95. The molecule has 1 aromatic rings. The summed E-state index contributed by atoms with van der Waals surface area (Å²) < 4.78 is 0. The van der Waals surface area contributed by atoms with Crippen LogP contribution in [0.4, 0.5) is 0 Å². The lowest BCUT2D eigenvalue weighted by atomic mass is 9.81. The number of rotatable bonds is 1. The third-order valence-electron chi connectivity index (χ3n) is 2.70. The molecule has 0 atom stereocenters. The molecule has 1 aliphatic rings. The fraction of sp³-hybridized carbons (Fsp3) is 0.308. The Kier molecular flexibility index (Phi) is 2.57. The number of aldehydes is 1. The maximum atomic E-state index is 10.7. The molecule has 0 radical (unpaired) electrons. The van der Waals surface area contributed by atoms with Crippen molar-refractivity contribution < 1.29 is 9.90 Å². The highest BCUT2D eigenvalue weighted by atomic mass is 16.3. The predicted octanol–water partition coefficient (Wildman–Crippen LogP) is 1.77. The van der Waals surface area contributed by atoms with E-state index in [1.165, 1.54) is 0 Å². The van der Waals surface area contributed by atoms with E-state index in [1.54, 1.807) is 18.2 Å². The Balaban J connectivity index is 2.26.